The van der Waals surface area contributed by atoms with Crippen molar-refractivity contribution in [1.82, 2.24) is 4.98 Å². The lowest BCUT2D eigenvalue weighted by Gasteiger charge is -2.39. The maximum Gasteiger partial charge on any atom is 0.354 e. The van der Waals surface area contributed by atoms with E-state index in [1.807, 2.05) is 0 Å². The second-order valence-electron chi connectivity index (χ2n) is 6.13. The summed E-state index contributed by atoms with van der Waals surface area (Å²) in [5.41, 5.74) is 1.11. The Hall–Kier alpha value is -2.67. The lowest BCUT2D eigenvalue weighted by atomic mass is 9.74. The lowest BCUT2D eigenvalue weighted by Crippen LogP contribution is -2.36. The van der Waals surface area contributed by atoms with Crippen molar-refractivity contribution in [3.63, 3.8) is 0 Å². The molecule has 1 aliphatic carbocycles. The third-order valence-electron chi connectivity index (χ3n) is 4.45. The Morgan fingerprint density at radius 2 is 2.12 bits per heavy atom. The van der Waals surface area contributed by atoms with Gasteiger partial charge in [-0.3, -0.25) is 0 Å². The second kappa shape index (κ2) is 7.06. The molecule has 3 rings (SSSR count). The number of nitrogens with one attached hydrogen (secondary N) is 1. The SMILES string of the molecule is COc1ccc(F)cc1C(Nc1ccnc(C(=O)O)c1)C1CC(O)C1. The van der Waals surface area contributed by atoms with Gasteiger partial charge in [0.15, 0.2) is 0 Å². The Bertz CT molecular complexity index is 777. The highest BCUT2D eigenvalue weighted by molar-refractivity contribution is 5.86. The zero-order chi connectivity index (χ0) is 18.0. The van der Waals surface area contributed by atoms with Gasteiger partial charge in [0.1, 0.15) is 17.3 Å². The first-order valence-corrected chi connectivity index (χ1v) is 7.95. The maximum atomic E-state index is 13.8. The van der Waals surface area contributed by atoms with Crippen LogP contribution in [0.4, 0.5) is 10.1 Å². The Morgan fingerprint density at radius 3 is 2.76 bits per heavy atom. The summed E-state index contributed by atoms with van der Waals surface area (Å²) in [5.74, 6) is -0.897. The largest absolute Gasteiger partial charge is 0.496 e. The molecule has 1 fully saturated rings. The predicted octanol–water partition coefficient (Wildman–Crippen LogP) is 2.85. The Balaban J connectivity index is 1.95. The van der Waals surface area contributed by atoms with Gasteiger partial charge in [0.2, 0.25) is 0 Å². The molecule has 0 amide bonds. The van der Waals surface area contributed by atoms with Crippen molar-refractivity contribution in [2.24, 2.45) is 5.92 Å². The average Bonchev–Trinajstić information content (AvgIpc) is 2.57. The molecule has 1 aromatic carbocycles. The molecule has 0 bridgehead atoms. The van der Waals surface area contributed by atoms with Crippen LogP contribution in [-0.4, -0.2) is 34.4 Å². The minimum atomic E-state index is -1.12. The van der Waals surface area contributed by atoms with E-state index in [0.717, 1.165) is 0 Å². The van der Waals surface area contributed by atoms with Crippen LogP contribution < -0.4 is 10.1 Å². The van der Waals surface area contributed by atoms with E-state index in [-0.39, 0.29) is 29.6 Å². The van der Waals surface area contributed by atoms with Crippen LogP contribution in [0.1, 0.15) is 34.9 Å². The number of aromatic nitrogens is 1. The lowest BCUT2D eigenvalue weighted by molar-refractivity contribution is 0.0336. The number of aromatic carboxylic acids is 1. The topological polar surface area (TPSA) is 91.7 Å². The van der Waals surface area contributed by atoms with E-state index >= 15 is 0 Å². The average molecular weight is 346 g/mol. The Labute approximate surface area is 144 Å². The van der Waals surface area contributed by atoms with E-state index in [9.17, 15) is 14.3 Å². The molecule has 6 nitrogen and oxygen atoms in total. The molecule has 1 aliphatic rings. The zero-order valence-corrected chi connectivity index (χ0v) is 13.6. The number of anilines is 1. The van der Waals surface area contributed by atoms with Gasteiger partial charge in [-0.15, -0.1) is 0 Å². The van der Waals surface area contributed by atoms with Crippen molar-refractivity contribution in [2.75, 3.05) is 12.4 Å². The summed E-state index contributed by atoms with van der Waals surface area (Å²) in [6, 6.07) is 7.04. The van der Waals surface area contributed by atoms with Gasteiger partial charge in [0, 0.05) is 17.4 Å². The van der Waals surface area contributed by atoms with E-state index in [4.69, 9.17) is 9.84 Å². The van der Waals surface area contributed by atoms with Gasteiger partial charge in [-0.1, -0.05) is 0 Å². The van der Waals surface area contributed by atoms with E-state index in [2.05, 4.69) is 10.3 Å². The van der Waals surface area contributed by atoms with Crippen molar-refractivity contribution in [2.45, 2.75) is 25.0 Å². The number of pyridine rings is 1. The number of carbonyl (C=O) groups is 1. The van der Waals surface area contributed by atoms with Crippen molar-refractivity contribution in [3.05, 3.63) is 53.6 Å². The standard InChI is InChI=1S/C18H19FN2O4/c1-25-16-3-2-11(19)8-14(16)17(10-6-13(22)7-10)21-12-4-5-20-15(9-12)18(23)24/h2-5,8-10,13,17,22H,6-7H2,1H3,(H,20,21)(H,23,24). The predicted molar refractivity (Wildman–Crippen MR) is 89.2 cm³/mol. The number of hydrogen-bond acceptors (Lipinski definition) is 5. The molecule has 1 saturated carbocycles. The maximum absolute atomic E-state index is 13.8. The van der Waals surface area contributed by atoms with Crippen LogP contribution in [0.3, 0.4) is 0 Å². The molecule has 1 heterocycles. The van der Waals surface area contributed by atoms with Crippen LogP contribution in [0.15, 0.2) is 36.5 Å². The van der Waals surface area contributed by atoms with Crippen LogP contribution in [-0.2, 0) is 0 Å². The van der Waals surface area contributed by atoms with Crippen LogP contribution in [0.2, 0.25) is 0 Å². The minimum absolute atomic E-state index is 0.0761. The monoisotopic (exact) mass is 346 g/mol. The number of carboxylic acids is 1. The molecule has 0 saturated heterocycles. The molecule has 132 valence electrons. The molecule has 7 heteroatoms. The van der Waals surface area contributed by atoms with Gasteiger partial charge in [-0.2, -0.15) is 0 Å². The number of nitrogens with zero attached hydrogens (tertiary/aromatic N) is 1. The van der Waals surface area contributed by atoms with Crippen LogP contribution >= 0.6 is 0 Å². The zero-order valence-electron chi connectivity index (χ0n) is 13.6. The Kier molecular flexibility index (Phi) is 4.85. The van der Waals surface area contributed by atoms with Gasteiger partial charge >= 0.3 is 5.97 Å². The fourth-order valence-corrected chi connectivity index (χ4v) is 3.12. The van der Waals surface area contributed by atoms with Crippen molar-refractivity contribution in [3.8, 4) is 5.75 Å². The molecule has 1 atom stereocenters. The third kappa shape index (κ3) is 3.71. The molecule has 0 aliphatic heterocycles. The highest BCUT2D eigenvalue weighted by Gasteiger charge is 2.36. The number of aliphatic hydroxyl groups is 1. The first kappa shape index (κ1) is 17.2. The van der Waals surface area contributed by atoms with Gasteiger partial charge in [0.25, 0.3) is 0 Å². The molecule has 1 aromatic heterocycles. The Morgan fingerprint density at radius 1 is 1.36 bits per heavy atom. The summed E-state index contributed by atoms with van der Waals surface area (Å²) in [5, 5.41) is 22.0. The molecule has 0 spiro atoms. The number of methoxy groups -OCH3 is 1. The molecule has 1 unspecified atom stereocenters. The quantitative estimate of drug-likeness (QED) is 0.745. The summed E-state index contributed by atoms with van der Waals surface area (Å²) < 4.78 is 19.1. The number of benzene rings is 1. The smallest absolute Gasteiger partial charge is 0.354 e. The van der Waals surface area contributed by atoms with E-state index in [1.165, 1.54) is 31.5 Å². The second-order valence-corrected chi connectivity index (χ2v) is 6.13. The first-order valence-electron chi connectivity index (χ1n) is 7.95. The fraction of sp³-hybridized carbons (Fsp3) is 0.333. The van der Waals surface area contributed by atoms with Crippen LogP contribution in [0, 0.1) is 11.7 Å². The van der Waals surface area contributed by atoms with Gasteiger partial charge < -0.3 is 20.3 Å². The van der Waals surface area contributed by atoms with Gasteiger partial charge in [-0.25, -0.2) is 14.2 Å². The van der Waals surface area contributed by atoms with Gasteiger partial charge in [0.05, 0.1) is 19.3 Å². The highest BCUT2D eigenvalue weighted by atomic mass is 19.1. The fourth-order valence-electron chi connectivity index (χ4n) is 3.12. The highest BCUT2D eigenvalue weighted by Crippen LogP contribution is 2.43. The van der Waals surface area contributed by atoms with Gasteiger partial charge in [-0.05, 0) is 49.1 Å². The number of ether oxygens (including phenoxy) is 1. The third-order valence-corrected chi connectivity index (χ3v) is 4.45. The normalized spacial score (nSPS) is 20.4. The molecular weight excluding hydrogens is 327 g/mol. The summed E-state index contributed by atoms with van der Waals surface area (Å²) in [6.45, 7) is 0. The molecule has 2 aromatic rings. The molecule has 25 heavy (non-hydrogen) atoms. The number of carboxylic acid groups (broad SMARTS) is 1. The minimum Gasteiger partial charge on any atom is -0.496 e. The number of hydrogen-bond donors (Lipinski definition) is 3. The van der Waals surface area contributed by atoms with E-state index in [0.29, 0.717) is 29.8 Å². The van der Waals surface area contributed by atoms with E-state index in [1.54, 1.807) is 12.1 Å². The molecule has 0 radical (unpaired) electrons. The number of aliphatic hydroxyl groups excluding tert-OH is 1. The van der Waals surface area contributed by atoms with E-state index < -0.39 is 5.97 Å². The molecule has 3 N–H and O–H groups in total. The molecular formula is C18H19FN2O4. The summed E-state index contributed by atoms with van der Waals surface area (Å²) in [6.07, 6.45) is 2.19. The van der Waals surface area contributed by atoms with Crippen LogP contribution in [0.5, 0.6) is 5.75 Å². The number of halogens is 1. The van der Waals surface area contributed by atoms with Crippen molar-refractivity contribution in [1.29, 1.82) is 0 Å². The van der Waals surface area contributed by atoms with Crippen LogP contribution in [0.25, 0.3) is 0 Å². The van der Waals surface area contributed by atoms with Crippen molar-refractivity contribution >= 4 is 11.7 Å². The summed E-state index contributed by atoms with van der Waals surface area (Å²) in [7, 11) is 1.51. The number of rotatable bonds is 6. The van der Waals surface area contributed by atoms with Crippen molar-refractivity contribution < 1.29 is 24.1 Å². The first-order chi connectivity index (χ1) is 12.0. The summed E-state index contributed by atoms with van der Waals surface area (Å²) >= 11 is 0. The summed E-state index contributed by atoms with van der Waals surface area (Å²) in [4.78, 5) is 14.9.